The highest BCUT2D eigenvalue weighted by Crippen LogP contribution is 2.19. The van der Waals surface area contributed by atoms with Crippen molar-refractivity contribution in [2.24, 2.45) is 0 Å². The van der Waals surface area contributed by atoms with Gasteiger partial charge in [0.05, 0.1) is 0 Å². The molecule has 0 amide bonds. The van der Waals surface area contributed by atoms with Crippen molar-refractivity contribution in [2.45, 2.75) is 6.42 Å². The molecule has 0 atom stereocenters. The number of hydrogen-bond acceptors (Lipinski definition) is 1. The molecule has 0 fully saturated rings. The van der Waals surface area contributed by atoms with Crippen LogP contribution in [0, 0.1) is 0 Å². The van der Waals surface area contributed by atoms with Gasteiger partial charge in [-0.05, 0) is 33.9 Å². The second kappa shape index (κ2) is 4.25. The molecule has 1 heteroatoms. The summed E-state index contributed by atoms with van der Waals surface area (Å²) in [7, 11) is 0. The van der Waals surface area contributed by atoms with Crippen LogP contribution in [0.15, 0.2) is 47.7 Å². The van der Waals surface area contributed by atoms with E-state index >= 15 is 0 Å². The Kier molecular flexibility index (Phi) is 2.80. The molecule has 0 aliphatic carbocycles. The van der Waals surface area contributed by atoms with Crippen molar-refractivity contribution in [3.8, 4) is 0 Å². The van der Waals surface area contributed by atoms with E-state index in [1.165, 1.54) is 16.7 Å². The summed E-state index contributed by atoms with van der Waals surface area (Å²) in [6.45, 7) is 3.81. The number of rotatable bonds is 3. The SMILES string of the molecule is C=Cc1cscc1Cc1ccccc1. The minimum absolute atomic E-state index is 1.01. The molecule has 0 spiro atoms. The first-order chi connectivity index (χ1) is 6.90. The van der Waals surface area contributed by atoms with Crippen molar-refractivity contribution in [1.82, 2.24) is 0 Å². The molecule has 0 aliphatic heterocycles. The van der Waals surface area contributed by atoms with Crippen molar-refractivity contribution in [3.05, 3.63) is 64.4 Å². The van der Waals surface area contributed by atoms with Crippen molar-refractivity contribution < 1.29 is 0 Å². The Labute approximate surface area is 88.5 Å². The van der Waals surface area contributed by atoms with Crippen molar-refractivity contribution in [1.29, 1.82) is 0 Å². The minimum atomic E-state index is 1.01. The third kappa shape index (κ3) is 1.94. The van der Waals surface area contributed by atoms with Gasteiger partial charge in [0.1, 0.15) is 0 Å². The van der Waals surface area contributed by atoms with E-state index in [0.29, 0.717) is 0 Å². The molecule has 0 N–H and O–H groups in total. The van der Waals surface area contributed by atoms with E-state index in [-0.39, 0.29) is 0 Å². The molecule has 0 aliphatic rings. The van der Waals surface area contributed by atoms with Gasteiger partial charge in [-0.3, -0.25) is 0 Å². The summed E-state index contributed by atoms with van der Waals surface area (Å²) in [6, 6.07) is 10.5. The third-order valence-corrected chi connectivity index (χ3v) is 3.04. The minimum Gasteiger partial charge on any atom is -0.151 e. The Bertz CT molecular complexity index is 412. The van der Waals surface area contributed by atoms with Gasteiger partial charge in [0.15, 0.2) is 0 Å². The first-order valence-corrected chi connectivity index (χ1v) is 5.56. The smallest absolute Gasteiger partial charge is 0.00116 e. The van der Waals surface area contributed by atoms with Crippen LogP contribution < -0.4 is 0 Å². The van der Waals surface area contributed by atoms with Gasteiger partial charge in [-0.25, -0.2) is 0 Å². The van der Waals surface area contributed by atoms with E-state index < -0.39 is 0 Å². The first-order valence-electron chi connectivity index (χ1n) is 4.61. The predicted octanol–water partition coefficient (Wildman–Crippen LogP) is 3.98. The number of benzene rings is 1. The summed E-state index contributed by atoms with van der Waals surface area (Å²) in [5, 5.41) is 4.34. The van der Waals surface area contributed by atoms with Gasteiger partial charge in [-0.1, -0.05) is 43.0 Å². The zero-order valence-electron chi connectivity index (χ0n) is 7.94. The Morgan fingerprint density at radius 1 is 1.14 bits per heavy atom. The van der Waals surface area contributed by atoms with Crippen LogP contribution in [0.4, 0.5) is 0 Å². The highest BCUT2D eigenvalue weighted by atomic mass is 32.1. The fraction of sp³-hybridized carbons (Fsp3) is 0.0769. The Morgan fingerprint density at radius 3 is 2.64 bits per heavy atom. The van der Waals surface area contributed by atoms with Gasteiger partial charge < -0.3 is 0 Å². The second-order valence-electron chi connectivity index (χ2n) is 3.22. The number of thiophene rings is 1. The molecule has 0 radical (unpaired) electrons. The van der Waals surface area contributed by atoms with Crippen LogP contribution in [0.5, 0.6) is 0 Å². The Balaban J connectivity index is 2.23. The van der Waals surface area contributed by atoms with Gasteiger partial charge in [-0.15, -0.1) is 0 Å². The zero-order valence-corrected chi connectivity index (χ0v) is 8.76. The highest BCUT2D eigenvalue weighted by molar-refractivity contribution is 7.08. The van der Waals surface area contributed by atoms with Crippen LogP contribution in [0.2, 0.25) is 0 Å². The lowest BCUT2D eigenvalue weighted by Gasteiger charge is -2.00. The normalized spacial score (nSPS) is 10.0. The lowest BCUT2D eigenvalue weighted by molar-refractivity contribution is 1.20. The van der Waals surface area contributed by atoms with Crippen molar-refractivity contribution in [3.63, 3.8) is 0 Å². The van der Waals surface area contributed by atoms with Crippen LogP contribution >= 0.6 is 11.3 Å². The van der Waals surface area contributed by atoms with Crippen LogP contribution in [-0.2, 0) is 6.42 Å². The van der Waals surface area contributed by atoms with E-state index in [2.05, 4.69) is 41.6 Å². The molecular weight excluding hydrogens is 188 g/mol. The fourth-order valence-corrected chi connectivity index (χ4v) is 2.32. The summed E-state index contributed by atoms with van der Waals surface area (Å²) in [5.74, 6) is 0. The maximum atomic E-state index is 3.81. The van der Waals surface area contributed by atoms with E-state index in [4.69, 9.17) is 0 Å². The molecule has 1 heterocycles. The molecule has 0 saturated heterocycles. The summed E-state index contributed by atoms with van der Waals surface area (Å²) in [4.78, 5) is 0. The topological polar surface area (TPSA) is 0 Å². The van der Waals surface area contributed by atoms with E-state index in [1.807, 2.05) is 12.1 Å². The average Bonchev–Trinajstić information content (AvgIpc) is 2.67. The van der Waals surface area contributed by atoms with Crippen LogP contribution in [0.25, 0.3) is 6.08 Å². The molecule has 2 aromatic rings. The molecule has 14 heavy (non-hydrogen) atoms. The molecule has 0 unspecified atom stereocenters. The molecule has 0 nitrogen and oxygen atoms in total. The maximum absolute atomic E-state index is 3.81. The Hall–Kier alpha value is -1.34. The quantitative estimate of drug-likeness (QED) is 0.703. The first kappa shape index (κ1) is 9.22. The number of hydrogen-bond donors (Lipinski definition) is 0. The van der Waals surface area contributed by atoms with Gasteiger partial charge >= 0.3 is 0 Å². The fourth-order valence-electron chi connectivity index (χ4n) is 1.47. The van der Waals surface area contributed by atoms with Crippen LogP contribution in [0.1, 0.15) is 16.7 Å². The molecule has 70 valence electrons. The summed E-state index contributed by atoms with van der Waals surface area (Å²) >= 11 is 1.74. The van der Waals surface area contributed by atoms with Crippen LogP contribution in [0.3, 0.4) is 0 Å². The van der Waals surface area contributed by atoms with Gasteiger partial charge in [0.25, 0.3) is 0 Å². The third-order valence-electron chi connectivity index (χ3n) is 2.23. The predicted molar refractivity (Wildman–Crippen MR) is 63.7 cm³/mol. The molecule has 1 aromatic heterocycles. The lowest BCUT2D eigenvalue weighted by atomic mass is 10.0. The standard InChI is InChI=1S/C13H12S/c1-2-12-9-14-10-13(12)8-11-6-4-3-5-7-11/h2-7,9-10H,1,8H2. The molecular formula is C13H12S. The van der Waals surface area contributed by atoms with E-state index in [0.717, 1.165) is 6.42 Å². The monoisotopic (exact) mass is 200 g/mol. The maximum Gasteiger partial charge on any atom is -0.00116 e. The molecule has 0 saturated carbocycles. The Morgan fingerprint density at radius 2 is 1.93 bits per heavy atom. The van der Waals surface area contributed by atoms with Gasteiger partial charge in [-0.2, -0.15) is 11.3 Å². The highest BCUT2D eigenvalue weighted by Gasteiger charge is 2.00. The second-order valence-corrected chi connectivity index (χ2v) is 3.96. The summed E-state index contributed by atoms with van der Waals surface area (Å²) < 4.78 is 0. The van der Waals surface area contributed by atoms with E-state index in [1.54, 1.807) is 11.3 Å². The van der Waals surface area contributed by atoms with Gasteiger partial charge in [0.2, 0.25) is 0 Å². The molecule has 0 bridgehead atoms. The molecule has 1 aromatic carbocycles. The van der Waals surface area contributed by atoms with Crippen molar-refractivity contribution in [2.75, 3.05) is 0 Å². The summed E-state index contributed by atoms with van der Waals surface area (Å²) in [5.41, 5.74) is 3.99. The van der Waals surface area contributed by atoms with Gasteiger partial charge in [0, 0.05) is 0 Å². The largest absolute Gasteiger partial charge is 0.151 e. The van der Waals surface area contributed by atoms with Crippen LogP contribution in [-0.4, -0.2) is 0 Å². The lowest BCUT2D eigenvalue weighted by Crippen LogP contribution is -1.86. The van der Waals surface area contributed by atoms with Crippen molar-refractivity contribution >= 4 is 17.4 Å². The van der Waals surface area contributed by atoms with E-state index in [9.17, 15) is 0 Å². The summed E-state index contributed by atoms with van der Waals surface area (Å²) in [6.07, 6.45) is 2.93. The average molecular weight is 200 g/mol. The zero-order chi connectivity index (χ0) is 9.80. The molecule has 2 rings (SSSR count).